The molecule has 4 rings (SSSR count). The molecule has 27 heavy (non-hydrogen) atoms. The minimum absolute atomic E-state index is 0.0512. The van der Waals surface area contributed by atoms with Gasteiger partial charge in [-0.1, -0.05) is 48.5 Å². The number of carbonyl (C=O) groups is 1. The van der Waals surface area contributed by atoms with Gasteiger partial charge in [-0.05, 0) is 47.0 Å². The van der Waals surface area contributed by atoms with E-state index in [4.69, 9.17) is 4.74 Å². The predicted octanol–water partition coefficient (Wildman–Crippen LogP) is 4.94. The van der Waals surface area contributed by atoms with E-state index in [0.717, 1.165) is 22.6 Å². The van der Waals surface area contributed by atoms with Crippen molar-refractivity contribution in [1.29, 1.82) is 0 Å². The SMILES string of the molecule is CCOc1ccc([C@H]2CC(c3ccc4ccccc4c3)=NN2C(C)=O)cc1. The van der Waals surface area contributed by atoms with Crippen LogP contribution in [0.3, 0.4) is 0 Å². The fourth-order valence-corrected chi connectivity index (χ4v) is 3.56. The molecule has 0 saturated heterocycles. The van der Waals surface area contributed by atoms with Crippen LogP contribution in [0.2, 0.25) is 0 Å². The van der Waals surface area contributed by atoms with E-state index in [1.54, 1.807) is 11.9 Å². The smallest absolute Gasteiger partial charge is 0.240 e. The summed E-state index contributed by atoms with van der Waals surface area (Å²) >= 11 is 0. The Hall–Kier alpha value is -3.14. The fourth-order valence-electron chi connectivity index (χ4n) is 3.56. The van der Waals surface area contributed by atoms with E-state index in [-0.39, 0.29) is 11.9 Å². The zero-order chi connectivity index (χ0) is 18.8. The van der Waals surface area contributed by atoms with Gasteiger partial charge in [0.15, 0.2) is 0 Å². The van der Waals surface area contributed by atoms with E-state index >= 15 is 0 Å². The lowest BCUT2D eigenvalue weighted by Gasteiger charge is -2.20. The van der Waals surface area contributed by atoms with Crippen molar-refractivity contribution in [2.45, 2.75) is 26.3 Å². The minimum atomic E-state index is -0.0837. The molecule has 0 fully saturated rings. The third-order valence-electron chi connectivity index (χ3n) is 4.89. The zero-order valence-corrected chi connectivity index (χ0v) is 15.6. The monoisotopic (exact) mass is 358 g/mol. The number of benzene rings is 3. The molecular formula is C23H22N2O2. The summed E-state index contributed by atoms with van der Waals surface area (Å²) in [6, 6.07) is 22.5. The van der Waals surface area contributed by atoms with Gasteiger partial charge in [0, 0.05) is 13.3 Å². The van der Waals surface area contributed by atoms with Gasteiger partial charge in [0.2, 0.25) is 5.91 Å². The maximum absolute atomic E-state index is 12.2. The standard InChI is InChI=1S/C23H22N2O2/c1-3-27-21-12-10-18(11-13-21)23-15-22(24-25(23)16(2)26)20-9-8-17-6-4-5-7-19(17)14-20/h4-14,23H,3,15H2,1-2H3/t23-/m1/s1. The summed E-state index contributed by atoms with van der Waals surface area (Å²) in [6.45, 7) is 4.16. The first kappa shape index (κ1) is 17.3. The summed E-state index contributed by atoms with van der Waals surface area (Å²) in [5.74, 6) is 0.786. The van der Waals surface area contributed by atoms with Gasteiger partial charge in [0.25, 0.3) is 0 Å². The highest BCUT2D eigenvalue weighted by Crippen LogP contribution is 2.34. The molecule has 0 bridgehead atoms. The van der Waals surface area contributed by atoms with Gasteiger partial charge in [-0.25, -0.2) is 5.01 Å². The molecular weight excluding hydrogens is 336 g/mol. The molecule has 136 valence electrons. The quantitative estimate of drug-likeness (QED) is 0.663. The second kappa shape index (κ2) is 7.23. The summed E-state index contributed by atoms with van der Waals surface area (Å²) in [7, 11) is 0. The Balaban J connectivity index is 1.65. The Morgan fingerprint density at radius 3 is 2.52 bits per heavy atom. The van der Waals surface area contributed by atoms with Crippen molar-refractivity contribution in [2.24, 2.45) is 5.10 Å². The Morgan fingerprint density at radius 2 is 1.81 bits per heavy atom. The van der Waals surface area contributed by atoms with E-state index in [9.17, 15) is 4.79 Å². The highest BCUT2D eigenvalue weighted by molar-refractivity contribution is 6.05. The maximum atomic E-state index is 12.2. The van der Waals surface area contributed by atoms with Crippen molar-refractivity contribution in [3.63, 3.8) is 0 Å². The zero-order valence-electron chi connectivity index (χ0n) is 15.6. The van der Waals surface area contributed by atoms with Gasteiger partial charge in [0.05, 0.1) is 18.4 Å². The number of hydrazone groups is 1. The van der Waals surface area contributed by atoms with Crippen LogP contribution in [0.15, 0.2) is 71.8 Å². The Kier molecular flexibility index (Phi) is 4.63. The molecule has 4 heteroatoms. The van der Waals surface area contributed by atoms with Crippen molar-refractivity contribution in [3.8, 4) is 5.75 Å². The van der Waals surface area contributed by atoms with Crippen LogP contribution in [0, 0.1) is 0 Å². The molecule has 0 unspecified atom stereocenters. The normalized spacial score (nSPS) is 16.4. The molecule has 1 aliphatic rings. The molecule has 0 aliphatic carbocycles. The summed E-state index contributed by atoms with van der Waals surface area (Å²) in [6.07, 6.45) is 0.700. The van der Waals surface area contributed by atoms with E-state index in [1.807, 2.05) is 43.3 Å². The number of nitrogens with zero attached hydrogens (tertiary/aromatic N) is 2. The summed E-state index contributed by atoms with van der Waals surface area (Å²) in [5.41, 5.74) is 3.07. The van der Waals surface area contributed by atoms with Gasteiger partial charge >= 0.3 is 0 Å². The van der Waals surface area contributed by atoms with Crippen LogP contribution in [0.4, 0.5) is 0 Å². The lowest BCUT2D eigenvalue weighted by molar-refractivity contribution is -0.130. The van der Waals surface area contributed by atoms with Crippen LogP contribution in [-0.2, 0) is 4.79 Å². The van der Waals surface area contributed by atoms with E-state index in [0.29, 0.717) is 13.0 Å². The molecule has 0 spiro atoms. The molecule has 3 aromatic rings. The third kappa shape index (κ3) is 3.43. The highest BCUT2D eigenvalue weighted by Gasteiger charge is 2.31. The van der Waals surface area contributed by atoms with Crippen LogP contribution in [0.1, 0.15) is 37.4 Å². The van der Waals surface area contributed by atoms with Crippen LogP contribution < -0.4 is 4.74 Å². The molecule has 0 saturated carbocycles. The molecule has 1 amide bonds. The predicted molar refractivity (Wildman–Crippen MR) is 108 cm³/mol. The van der Waals surface area contributed by atoms with E-state index in [1.165, 1.54) is 10.8 Å². The topological polar surface area (TPSA) is 41.9 Å². The molecule has 4 nitrogen and oxygen atoms in total. The van der Waals surface area contributed by atoms with E-state index < -0.39 is 0 Å². The van der Waals surface area contributed by atoms with Crippen LogP contribution in [0.25, 0.3) is 10.8 Å². The van der Waals surface area contributed by atoms with Gasteiger partial charge in [0.1, 0.15) is 5.75 Å². The first-order chi connectivity index (χ1) is 13.2. The lowest BCUT2D eigenvalue weighted by Crippen LogP contribution is -2.24. The number of hydrogen-bond donors (Lipinski definition) is 0. The van der Waals surface area contributed by atoms with Crippen molar-refractivity contribution in [2.75, 3.05) is 6.61 Å². The fraction of sp³-hybridized carbons (Fsp3) is 0.217. The lowest BCUT2D eigenvalue weighted by atomic mass is 9.97. The van der Waals surface area contributed by atoms with Crippen LogP contribution in [0.5, 0.6) is 5.75 Å². The Bertz CT molecular complexity index is 1010. The van der Waals surface area contributed by atoms with Crippen molar-refractivity contribution < 1.29 is 9.53 Å². The summed E-state index contributed by atoms with van der Waals surface area (Å²) in [5, 5.41) is 8.63. The number of rotatable bonds is 4. The first-order valence-electron chi connectivity index (χ1n) is 9.25. The van der Waals surface area contributed by atoms with Gasteiger partial charge < -0.3 is 4.74 Å². The van der Waals surface area contributed by atoms with Crippen molar-refractivity contribution in [3.05, 3.63) is 77.9 Å². The second-order valence-electron chi connectivity index (χ2n) is 6.69. The minimum Gasteiger partial charge on any atom is -0.494 e. The molecule has 0 radical (unpaired) electrons. The largest absolute Gasteiger partial charge is 0.494 e. The number of fused-ring (bicyclic) bond motifs is 1. The molecule has 0 aromatic heterocycles. The molecule has 0 N–H and O–H groups in total. The Labute approximate surface area is 159 Å². The van der Waals surface area contributed by atoms with Gasteiger partial charge in [-0.2, -0.15) is 5.10 Å². The number of hydrogen-bond acceptors (Lipinski definition) is 3. The number of amides is 1. The number of carbonyl (C=O) groups excluding carboxylic acids is 1. The van der Waals surface area contributed by atoms with Crippen molar-refractivity contribution in [1.82, 2.24) is 5.01 Å². The molecule has 1 atom stereocenters. The molecule has 1 heterocycles. The second-order valence-corrected chi connectivity index (χ2v) is 6.69. The maximum Gasteiger partial charge on any atom is 0.240 e. The number of ether oxygens (including phenoxy) is 1. The van der Waals surface area contributed by atoms with E-state index in [2.05, 4.69) is 35.4 Å². The van der Waals surface area contributed by atoms with Crippen molar-refractivity contribution >= 4 is 22.4 Å². The van der Waals surface area contributed by atoms with Crippen LogP contribution >= 0.6 is 0 Å². The average molecular weight is 358 g/mol. The van der Waals surface area contributed by atoms with Gasteiger partial charge in [-0.15, -0.1) is 0 Å². The average Bonchev–Trinajstić information content (AvgIpc) is 3.14. The summed E-state index contributed by atoms with van der Waals surface area (Å²) < 4.78 is 5.52. The first-order valence-corrected chi connectivity index (χ1v) is 9.25. The Morgan fingerprint density at radius 1 is 1.07 bits per heavy atom. The molecule has 1 aliphatic heterocycles. The molecule has 3 aromatic carbocycles. The van der Waals surface area contributed by atoms with Crippen LogP contribution in [-0.4, -0.2) is 23.2 Å². The van der Waals surface area contributed by atoms with Gasteiger partial charge in [-0.3, -0.25) is 4.79 Å². The third-order valence-corrected chi connectivity index (χ3v) is 4.89. The highest BCUT2D eigenvalue weighted by atomic mass is 16.5. The summed E-state index contributed by atoms with van der Waals surface area (Å²) in [4.78, 5) is 12.2.